The zero-order chi connectivity index (χ0) is 44.9. The van der Waals surface area contributed by atoms with Crippen LogP contribution in [-0.2, 0) is 0 Å². The van der Waals surface area contributed by atoms with Crippen LogP contribution in [0.1, 0.15) is 0 Å². The lowest BCUT2D eigenvalue weighted by Gasteiger charge is -2.46. The molecular formula is C62H37BN4S2. The molecule has 0 atom stereocenters. The number of thiophene rings is 2. The Bertz CT molecular complexity index is 4250. The molecule has 13 aromatic rings. The van der Waals surface area contributed by atoms with Crippen molar-refractivity contribution in [3.05, 3.63) is 224 Å². The van der Waals surface area contributed by atoms with Gasteiger partial charge in [-0.1, -0.05) is 140 Å². The molecule has 69 heavy (non-hydrogen) atoms. The van der Waals surface area contributed by atoms with Crippen molar-refractivity contribution in [2.24, 2.45) is 0 Å². The fraction of sp³-hybridized carbons (Fsp3) is 0. The molecule has 0 N–H and O–H groups in total. The zero-order valence-electron chi connectivity index (χ0n) is 37.0. The van der Waals surface area contributed by atoms with Gasteiger partial charge in [-0.15, -0.1) is 22.7 Å². The molecule has 0 amide bonds. The van der Waals surface area contributed by atoms with Crippen molar-refractivity contribution in [1.82, 2.24) is 4.57 Å². The highest BCUT2D eigenvalue weighted by atomic mass is 32.1. The van der Waals surface area contributed by atoms with Crippen LogP contribution in [0.2, 0.25) is 0 Å². The third-order valence-corrected chi connectivity index (χ3v) is 17.2. The number of aromatic nitrogens is 1. The van der Waals surface area contributed by atoms with Crippen LogP contribution < -0.4 is 30.4 Å². The minimum atomic E-state index is -0.0398. The molecule has 0 fully saturated rings. The van der Waals surface area contributed by atoms with Crippen molar-refractivity contribution in [3.8, 4) is 16.8 Å². The fourth-order valence-electron chi connectivity index (χ4n) is 12.1. The third-order valence-electron chi connectivity index (χ3n) is 14.8. The largest absolute Gasteiger partial charge is 0.310 e. The first kappa shape index (κ1) is 37.7. The van der Waals surface area contributed by atoms with Gasteiger partial charge in [-0.05, 0) is 107 Å². The number of benzene rings is 10. The topological polar surface area (TPSA) is 14.7 Å². The smallest absolute Gasteiger partial charge is 0.264 e. The predicted molar refractivity (Wildman–Crippen MR) is 297 cm³/mol. The number of anilines is 9. The van der Waals surface area contributed by atoms with Crippen molar-refractivity contribution in [1.29, 1.82) is 0 Å². The first-order valence-electron chi connectivity index (χ1n) is 23.6. The molecule has 0 spiro atoms. The van der Waals surface area contributed by atoms with E-state index in [1.165, 1.54) is 119 Å². The Morgan fingerprint density at radius 1 is 0.377 bits per heavy atom. The number of nitrogens with zero attached hydrogens (tertiary/aromatic N) is 4. The van der Waals surface area contributed by atoms with E-state index in [9.17, 15) is 0 Å². The maximum Gasteiger partial charge on any atom is 0.264 e. The second-order valence-electron chi connectivity index (χ2n) is 18.4. The quantitative estimate of drug-likeness (QED) is 0.160. The molecular weight excluding hydrogens is 876 g/mol. The predicted octanol–water partition coefficient (Wildman–Crippen LogP) is 15.9. The molecule has 3 aliphatic rings. The van der Waals surface area contributed by atoms with E-state index >= 15 is 0 Å². The van der Waals surface area contributed by atoms with Crippen LogP contribution in [0, 0.1) is 0 Å². The number of hydrogen-bond acceptors (Lipinski definition) is 5. The molecule has 0 radical (unpaired) electrons. The molecule has 16 rings (SSSR count). The molecule has 7 heteroatoms. The van der Waals surface area contributed by atoms with E-state index in [-0.39, 0.29) is 6.71 Å². The third kappa shape index (κ3) is 5.13. The van der Waals surface area contributed by atoms with E-state index in [0.717, 1.165) is 17.1 Å². The van der Waals surface area contributed by atoms with Gasteiger partial charge in [-0.3, -0.25) is 0 Å². The van der Waals surface area contributed by atoms with Crippen molar-refractivity contribution >= 4 is 148 Å². The van der Waals surface area contributed by atoms with Gasteiger partial charge in [-0.2, -0.15) is 0 Å². The molecule has 10 aromatic carbocycles. The van der Waals surface area contributed by atoms with E-state index in [0.29, 0.717) is 0 Å². The zero-order valence-corrected chi connectivity index (χ0v) is 38.7. The van der Waals surface area contributed by atoms with Crippen molar-refractivity contribution in [2.45, 2.75) is 0 Å². The van der Waals surface area contributed by atoms with Gasteiger partial charge in [-0.25, -0.2) is 0 Å². The van der Waals surface area contributed by atoms with E-state index in [1.54, 1.807) is 0 Å². The average molecular weight is 913 g/mol. The Morgan fingerprint density at radius 3 is 1.78 bits per heavy atom. The van der Waals surface area contributed by atoms with E-state index in [4.69, 9.17) is 0 Å². The summed E-state index contributed by atoms with van der Waals surface area (Å²) in [5.74, 6) is 0. The maximum atomic E-state index is 2.67. The summed E-state index contributed by atoms with van der Waals surface area (Å²) in [6.07, 6.45) is 0. The molecule has 0 bridgehead atoms. The number of fused-ring (bicyclic) bond motifs is 14. The molecule has 320 valence electrons. The van der Waals surface area contributed by atoms with Gasteiger partial charge in [0.15, 0.2) is 0 Å². The maximum absolute atomic E-state index is 2.67. The average Bonchev–Trinajstić information content (AvgIpc) is 4.10. The highest BCUT2D eigenvalue weighted by Crippen LogP contribution is 2.56. The van der Waals surface area contributed by atoms with Crippen molar-refractivity contribution in [3.63, 3.8) is 0 Å². The minimum absolute atomic E-state index is 0.0398. The van der Waals surface area contributed by atoms with E-state index < -0.39 is 0 Å². The van der Waals surface area contributed by atoms with Gasteiger partial charge >= 0.3 is 0 Å². The number of hydrogen-bond donors (Lipinski definition) is 0. The van der Waals surface area contributed by atoms with Crippen LogP contribution in [-0.4, -0.2) is 11.3 Å². The van der Waals surface area contributed by atoms with Crippen LogP contribution in [0.25, 0.3) is 68.9 Å². The summed E-state index contributed by atoms with van der Waals surface area (Å²) in [5, 5.41) is 6.37. The Morgan fingerprint density at radius 2 is 0.986 bits per heavy atom. The fourth-order valence-corrected chi connectivity index (χ4v) is 14.5. The van der Waals surface area contributed by atoms with Gasteiger partial charge < -0.3 is 19.3 Å². The lowest BCUT2D eigenvalue weighted by atomic mass is 9.36. The SMILES string of the molecule is c1ccc(-c2ccc3sc4c(c3c2)N(c2cccc3sc5ccccc5c23)c2cc(N(c3ccccc3)c3ccccc3)cc3c2B4c2cccc4c2N3c2cccc3c5ccccc5n-4c23)cc1. The summed E-state index contributed by atoms with van der Waals surface area (Å²) in [6.45, 7) is -0.0398. The summed E-state index contributed by atoms with van der Waals surface area (Å²) < 4.78 is 7.77. The molecule has 0 saturated carbocycles. The first-order valence-corrected chi connectivity index (χ1v) is 25.3. The van der Waals surface area contributed by atoms with E-state index in [1.807, 2.05) is 22.7 Å². The standard InChI is InChI=1S/C62H37BN4S2/c1-4-17-38(18-5-1)39-33-34-55-46(35-39)60-62(69-55)63-47-26-15-30-51-61(47)67(50-29-14-25-44-43-23-10-12-27-48(43)65(51)59(44)50)53-37-42(64(40-19-6-2-7-20-40)41-21-8-3-9-22-41)36-52(58(53)63)66(60)49-28-16-32-56-57(49)45-24-11-13-31-54(45)68-56/h1-37H. The molecule has 0 aliphatic carbocycles. The van der Waals surface area contributed by atoms with Crippen LogP contribution in [0.5, 0.6) is 0 Å². The van der Waals surface area contributed by atoms with Gasteiger partial charge in [0.05, 0.1) is 45.2 Å². The lowest BCUT2D eigenvalue weighted by molar-refractivity contribution is 1.11. The second-order valence-corrected chi connectivity index (χ2v) is 20.6. The molecule has 4 nitrogen and oxygen atoms in total. The monoisotopic (exact) mass is 912 g/mol. The van der Waals surface area contributed by atoms with Crippen molar-refractivity contribution in [2.75, 3.05) is 14.7 Å². The Kier molecular flexibility index (Phi) is 7.70. The molecule has 0 saturated heterocycles. The first-order chi connectivity index (χ1) is 34.3. The van der Waals surface area contributed by atoms with E-state index in [2.05, 4.69) is 244 Å². The Labute approximate surface area is 406 Å². The molecule has 6 heterocycles. The second kappa shape index (κ2) is 14.1. The Hall–Kier alpha value is -8.36. The van der Waals surface area contributed by atoms with Gasteiger partial charge in [0.2, 0.25) is 0 Å². The van der Waals surface area contributed by atoms with Crippen LogP contribution in [0.4, 0.5) is 51.2 Å². The Balaban J connectivity index is 1.09. The van der Waals surface area contributed by atoms with Gasteiger partial charge in [0, 0.05) is 68.6 Å². The van der Waals surface area contributed by atoms with Crippen molar-refractivity contribution < 1.29 is 0 Å². The highest BCUT2D eigenvalue weighted by Gasteiger charge is 2.48. The number of para-hydroxylation sites is 5. The van der Waals surface area contributed by atoms with Crippen LogP contribution in [0.3, 0.4) is 0 Å². The summed E-state index contributed by atoms with van der Waals surface area (Å²) in [7, 11) is 0. The normalized spacial score (nSPS) is 13.1. The molecule has 3 aliphatic heterocycles. The summed E-state index contributed by atoms with van der Waals surface area (Å²) in [4.78, 5) is 7.75. The van der Waals surface area contributed by atoms with Crippen LogP contribution >= 0.6 is 22.7 Å². The summed E-state index contributed by atoms with van der Waals surface area (Å²) >= 11 is 3.85. The summed E-state index contributed by atoms with van der Waals surface area (Å²) in [6, 6.07) is 83.6. The van der Waals surface area contributed by atoms with Crippen LogP contribution in [0.15, 0.2) is 224 Å². The van der Waals surface area contributed by atoms with Gasteiger partial charge in [0.1, 0.15) is 0 Å². The number of rotatable bonds is 5. The molecule has 3 aromatic heterocycles. The highest BCUT2D eigenvalue weighted by molar-refractivity contribution is 7.33. The van der Waals surface area contributed by atoms with Gasteiger partial charge in [0.25, 0.3) is 6.71 Å². The molecule has 0 unspecified atom stereocenters. The summed E-state index contributed by atoms with van der Waals surface area (Å²) in [5.41, 5.74) is 19.4. The lowest BCUT2D eigenvalue weighted by Crippen LogP contribution is -2.61. The minimum Gasteiger partial charge on any atom is -0.310 e.